The van der Waals surface area contributed by atoms with Gasteiger partial charge in [0.25, 0.3) is 0 Å². The SMILES string of the molecule is CC1(C)c2ccc(N(c3ccc4c(c3)C3(c5ccccc5-c5ccccc53)c3ccccc3-4)c3ccc4ccccc4c3)cc2-c2c(-c3ccccc3)cc3ccccc3c21. The summed E-state index contributed by atoms with van der Waals surface area (Å²) in [6.07, 6.45) is 0. The molecule has 0 heterocycles. The van der Waals surface area contributed by atoms with Crippen molar-refractivity contribution in [1.82, 2.24) is 0 Å². The molecule has 13 rings (SSSR count). The molecule has 0 saturated carbocycles. The van der Waals surface area contributed by atoms with Gasteiger partial charge in [-0.3, -0.25) is 0 Å². The molecule has 0 saturated heterocycles. The van der Waals surface area contributed by atoms with Crippen LogP contribution in [0.1, 0.15) is 47.2 Å². The molecule has 0 unspecified atom stereocenters. The predicted octanol–water partition coefficient (Wildman–Crippen LogP) is 15.8. The highest BCUT2D eigenvalue weighted by molar-refractivity contribution is 6.06. The number of hydrogen-bond acceptors (Lipinski definition) is 1. The van der Waals surface area contributed by atoms with E-state index in [-0.39, 0.29) is 5.41 Å². The summed E-state index contributed by atoms with van der Waals surface area (Å²) in [7, 11) is 0. The molecule has 0 N–H and O–H groups in total. The van der Waals surface area contributed by atoms with Gasteiger partial charge < -0.3 is 4.90 Å². The maximum absolute atomic E-state index is 2.51. The first-order chi connectivity index (χ1) is 30.0. The van der Waals surface area contributed by atoms with Crippen molar-refractivity contribution >= 4 is 38.6 Å². The lowest BCUT2D eigenvalue weighted by molar-refractivity contribution is 0.666. The average Bonchev–Trinajstić information content (AvgIpc) is 3.87. The van der Waals surface area contributed by atoms with E-state index in [0.29, 0.717) is 0 Å². The highest BCUT2D eigenvalue weighted by atomic mass is 15.1. The topological polar surface area (TPSA) is 3.24 Å². The van der Waals surface area contributed by atoms with Gasteiger partial charge in [-0.25, -0.2) is 0 Å². The number of rotatable bonds is 4. The lowest BCUT2D eigenvalue weighted by atomic mass is 9.70. The minimum absolute atomic E-state index is 0.198. The lowest BCUT2D eigenvalue weighted by Gasteiger charge is -2.32. The Labute approximate surface area is 356 Å². The molecule has 3 aliphatic carbocycles. The van der Waals surface area contributed by atoms with Gasteiger partial charge in [0.15, 0.2) is 0 Å². The molecule has 0 radical (unpaired) electrons. The van der Waals surface area contributed by atoms with E-state index in [2.05, 4.69) is 231 Å². The van der Waals surface area contributed by atoms with Crippen molar-refractivity contribution in [2.75, 3.05) is 4.90 Å². The fourth-order valence-corrected chi connectivity index (χ4v) is 11.7. The van der Waals surface area contributed by atoms with Crippen LogP contribution in [-0.4, -0.2) is 0 Å². The first kappa shape index (κ1) is 34.4. The third-order valence-electron chi connectivity index (χ3n) is 14.2. The Morgan fingerprint density at radius 3 is 1.56 bits per heavy atom. The summed E-state index contributed by atoms with van der Waals surface area (Å²) >= 11 is 0. The van der Waals surface area contributed by atoms with Crippen LogP contribution in [0.5, 0.6) is 0 Å². The van der Waals surface area contributed by atoms with Gasteiger partial charge in [0.2, 0.25) is 0 Å². The van der Waals surface area contributed by atoms with Crippen molar-refractivity contribution in [3.63, 3.8) is 0 Å². The Hall–Kier alpha value is -7.48. The molecule has 61 heavy (non-hydrogen) atoms. The largest absolute Gasteiger partial charge is 0.310 e. The van der Waals surface area contributed by atoms with E-state index in [1.54, 1.807) is 0 Å². The van der Waals surface area contributed by atoms with E-state index in [9.17, 15) is 0 Å². The van der Waals surface area contributed by atoms with Crippen LogP contribution in [0.25, 0.3) is 66.1 Å². The summed E-state index contributed by atoms with van der Waals surface area (Å²) in [6.45, 7) is 4.82. The second kappa shape index (κ2) is 12.5. The molecule has 3 aliphatic rings. The van der Waals surface area contributed by atoms with Crippen molar-refractivity contribution in [3.05, 3.63) is 246 Å². The van der Waals surface area contributed by atoms with Crippen molar-refractivity contribution < 1.29 is 0 Å². The number of nitrogens with zero attached hydrogens (tertiary/aromatic N) is 1. The van der Waals surface area contributed by atoms with E-state index < -0.39 is 5.41 Å². The molecule has 0 amide bonds. The fraction of sp³-hybridized carbons (Fsp3) is 0.0667. The van der Waals surface area contributed by atoms with Crippen LogP contribution in [0.3, 0.4) is 0 Å². The van der Waals surface area contributed by atoms with Crippen LogP contribution < -0.4 is 4.90 Å². The molecule has 0 aliphatic heterocycles. The maximum atomic E-state index is 2.51. The molecule has 0 bridgehead atoms. The summed E-state index contributed by atoms with van der Waals surface area (Å²) in [4.78, 5) is 2.50. The van der Waals surface area contributed by atoms with Gasteiger partial charge in [-0.1, -0.05) is 184 Å². The zero-order chi connectivity index (χ0) is 40.5. The minimum Gasteiger partial charge on any atom is -0.310 e. The monoisotopic (exact) mass is 775 g/mol. The lowest BCUT2D eigenvalue weighted by Crippen LogP contribution is -2.26. The summed E-state index contributed by atoms with van der Waals surface area (Å²) < 4.78 is 0. The van der Waals surface area contributed by atoms with E-state index in [1.165, 1.54) is 99.4 Å². The quantitative estimate of drug-likeness (QED) is 0.172. The summed E-state index contributed by atoms with van der Waals surface area (Å²) in [6, 6.07) is 79.7. The molecule has 1 heteroatoms. The van der Waals surface area contributed by atoms with Gasteiger partial charge >= 0.3 is 0 Å². The van der Waals surface area contributed by atoms with Crippen LogP contribution in [0.4, 0.5) is 17.1 Å². The Balaban J connectivity index is 1.09. The van der Waals surface area contributed by atoms with Crippen LogP contribution in [0.15, 0.2) is 212 Å². The molecular formula is C60H41N. The van der Waals surface area contributed by atoms with Gasteiger partial charge in [-0.05, 0) is 142 Å². The molecule has 0 fully saturated rings. The van der Waals surface area contributed by atoms with E-state index in [0.717, 1.165) is 17.1 Å². The van der Waals surface area contributed by atoms with Crippen LogP contribution in [0.2, 0.25) is 0 Å². The molecule has 1 spiro atoms. The van der Waals surface area contributed by atoms with E-state index in [1.807, 2.05) is 0 Å². The molecule has 286 valence electrons. The Morgan fingerprint density at radius 1 is 0.328 bits per heavy atom. The number of fused-ring (bicyclic) bond motifs is 16. The van der Waals surface area contributed by atoms with E-state index >= 15 is 0 Å². The third-order valence-corrected chi connectivity index (χ3v) is 14.2. The van der Waals surface area contributed by atoms with Gasteiger partial charge in [-0.2, -0.15) is 0 Å². The number of anilines is 3. The number of benzene rings is 10. The van der Waals surface area contributed by atoms with Gasteiger partial charge in [0.1, 0.15) is 0 Å². The smallest absolute Gasteiger partial charge is 0.0726 e. The first-order valence-corrected chi connectivity index (χ1v) is 21.5. The molecule has 0 atom stereocenters. The average molecular weight is 776 g/mol. The molecule has 10 aromatic carbocycles. The Kier molecular flexibility index (Phi) is 7.06. The summed E-state index contributed by atoms with van der Waals surface area (Å²) in [5, 5.41) is 5.06. The van der Waals surface area contributed by atoms with Crippen LogP contribution in [-0.2, 0) is 10.8 Å². The zero-order valence-corrected chi connectivity index (χ0v) is 34.2. The molecule has 10 aromatic rings. The van der Waals surface area contributed by atoms with Crippen molar-refractivity contribution in [1.29, 1.82) is 0 Å². The molecule has 1 nitrogen and oxygen atoms in total. The maximum Gasteiger partial charge on any atom is 0.0726 e. The highest BCUT2D eigenvalue weighted by Crippen LogP contribution is 2.63. The zero-order valence-electron chi connectivity index (χ0n) is 34.2. The minimum atomic E-state index is -0.434. The third kappa shape index (κ3) is 4.61. The normalized spacial score (nSPS) is 14.3. The second-order valence-corrected chi connectivity index (χ2v) is 17.6. The summed E-state index contributed by atoms with van der Waals surface area (Å²) in [5.41, 5.74) is 21.4. The molecular weight excluding hydrogens is 735 g/mol. The Bertz CT molecular complexity index is 3400. The fourth-order valence-electron chi connectivity index (χ4n) is 11.7. The summed E-state index contributed by atoms with van der Waals surface area (Å²) in [5.74, 6) is 0. The van der Waals surface area contributed by atoms with Crippen molar-refractivity contribution in [3.8, 4) is 44.5 Å². The van der Waals surface area contributed by atoms with Crippen LogP contribution >= 0.6 is 0 Å². The van der Waals surface area contributed by atoms with E-state index in [4.69, 9.17) is 0 Å². The Morgan fingerprint density at radius 2 is 0.852 bits per heavy atom. The first-order valence-electron chi connectivity index (χ1n) is 21.5. The second-order valence-electron chi connectivity index (χ2n) is 17.6. The van der Waals surface area contributed by atoms with Gasteiger partial charge in [0, 0.05) is 22.5 Å². The van der Waals surface area contributed by atoms with Crippen molar-refractivity contribution in [2.45, 2.75) is 24.7 Å². The standard InChI is InChI=1S/C60H41N/c1-59(2)52-33-31-43(36-51(52)57-50(39-17-4-3-5-18-39)35-41-20-8-9-21-45(41)58(57)59)61(42-29-28-38-16-6-7-19-40(38)34-42)44-30-32-49-48-24-12-15-27-55(48)60(56(49)37-44)53-25-13-10-22-46(53)47-23-11-14-26-54(47)60/h3-37H,1-2H3. The predicted molar refractivity (Wildman–Crippen MR) is 255 cm³/mol. The van der Waals surface area contributed by atoms with Gasteiger partial charge in [0.05, 0.1) is 5.41 Å². The van der Waals surface area contributed by atoms with Gasteiger partial charge in [-0.15, -0.1) is 0 Å². The van der Waals surface area contributed by atoms with Crippen molar-refractivity contribution in [2.24, 2.45) is 0 Å². The highest BCUT2D eigenvalue weighted by Gasteiger charge is 2.51. The number of hydrogen-bond donors (Lipinski definition) is 0. The van der Waals surface area contributed by atoms with Crippen LogP contribution in [0, 0.1) is 0 Å². The molecule has 0 aromatic heterocycles.